The zero-order valence-corrected chi connectivity index (χ0v) is 21.8. The number of aromatic nitrogens is 1. The molecule has 2 N–H and O–H groups in total. The van der Waals surface area contributed by atoms with Crippen molar-refractivity contribution in [3.63, 3.8) is 0 Å². The first kappa shape index (κ1) is 25.0. The van der Waals surface area contributed by atoms with Crippen LogP contribution in [0.4, 0.5) is 0 Å². The quantitative estimate of drug-likeness (QED) is 0.211. The lowest BCUT2D eigenvalue weighted by atomic mass is 9.92. The van der Waals surface area contributed by atoms with Crippen LogP contribution in [0.3, 0.4) is 0 Å². The number of benzene rings is 4. The summed E-state index contributed by atoms with van der Waals surface area (Å²) >= 11 is 0. The normalized spacial score (nSPS) is 14.7. The van der Waals surface area contributed by atoms with Gasteiger partial charge in [0.15, 0.2) is 0 Å². The van der Waals surface area contributed by atoms with Gasteiger partial charge in [-0.15, -0.1) is 0 Å². The minimum absolute atomic E-state index is 0.478. The number of aliphatic hydroxyl groups excluding tert-OH is 1. The molecule has 1 atom stereocenters. The molecule has 0 aliphatic heterocycles. The van der Waals surface area contributed by atoms with Gasteiger partial charge in [0.25, 0.3) is 0 Å². The number of hydrogen-bond acceptors (Lipinski definition) is 3. The Bertz CT molecular complexity index is 1600. The molecule has 194 valence electrons. The molecule has 0 bridgehead atoms. The summed E-state index contributed by atoms with van der Waals surface area (Å²) in [5.41, 5.74) is 6.54. The molecule has 0 radical (unpaired) electrons. The second-order valence-corrected chi connectivity index (χ2v) is 10.5. The number of rotatable bonds is 9. The molecule has 1 unspecified atom stereocenters. The van der Waals surface area contributed by atoms with Crippen LogP contribution in [0.15, 0.2) is 109 Å². The lowest BCUT2D eigenvalue weighted by molar-refractivity contribution is -0.140. The number of aliphatic hydroxyl groups is 1. The molecule has 1 fully saturated rings. The van der Waals surface area contributed by atoms with E-state index in [0.29, 0.717) is 19.3 Å². The van der Waals surface area contributed by atoms with Crippen LogP contribution in [0.5, 0.6) is 0 Å². The van der Waals surface area contributed by atoms with E-state index < -0.39 is 17.5 Å². The summed E-state index contributed by atoms with van der Waals surface area (Å²) in [5, 5.41) is 22.6. The molecule has 1 aliphatic rings. The summed E-state index contributed by atoms with van der Waals surface area (Å²) < 4.78 is 0. The lowest BCUT2D eigenvalue weighted by Crippen LogP contribution is -2.19. The van der Waals surface area contributed by atoms with E-state index in [1.54, 1.807) is 0 Å². The van der Waals surface area contributed by atoms with Gasteiger partial charge < -0.3 is 10.2 Å². The second-order valence-electron chi connectivity index (χ2n) is 10.5. The molecule has 6 rings (SSSR count). The Morgan fingerprint density at radius 2 is 1.41 bits per heavy atom. The Hall–Kier alpha value is -4.28. The van der Waals surface area contributed by atoms with Gasteiger partial charge in [-0.3, -0.25) is 9.78 Å². The Labute approximate surface area is 228 Å². The fourth-order valence-corrected chi connectivity index (χ4v) is 5.59. The molecule has 0 amide bonds. The molecule has 5 aromatic rings. The average molecular weight is 514 g/mol. The molecule has 4 nitrogen and oxygen atoms in total. The number of hydrogen-bond donors (Lipinski definition) is 2. The van der Waals surface area contributed by atoms with Gasteiger partial charge in [-0.1, -0.05) is 103 Å². The fraction of sp³-hybridized carbons (Fsp3) is 0.200. The summed E-state index contributed by atoms with van der Waals surface area (Å²) in [6.45, 7) is 0. The molecular formula is C35H31NO3. The van der Waals surface area contributed by atoms with Crippen molar-refractivity contribution in [2.45, 2.75) is 43.6 Å². The van der Waals surface area contributed by atoms with Crippen LogP contribution < -0.4 is 0 Å². The highest BCUT2D eigenvalue weighted by Crippen LogP contribution is 2.48. The molecule has 39 heavy (non-hydrogen) atoms. The number of pyridine rings is 1. The molecular weight excluding hydrogens is 482 g/mol. The first-order chi connectivity index (χ1) is 19.0. The lowest BCUT2D eigenvalue weighted by Gasteiger charge is -2.15. The van der Waals surface area contributed by atoms with Crippen molar-refractivity contribution in [3.8, 4) is 22.4 Å². The molecule has 0 spiro atoms. The molecule has 1 aliphatic carbocycles. The molecule has 1 aromatic heterocycles. The van der Waals surface area contributed by atoms with Crippen LogP contribution in [0.2, 0.25) is 0 Å². The van der Waals surface area contributed by atoms with Crippen LogP contribution in [-0.2, 0) is 16.6 Å². The molecule has 0 saturated heterocycles. The van der Waals surface area contributed by atoms with Crippen LogP contribution in [0.1, 0.15) is 48.5 Å². The van der Waals surface area contributed by atoms with Crippen LogP contribution in [-0.4, -0.2) is 21.2 Å². The third kappa shape index (κ3) is 4.96. The molecule has 1 saturated carbocycles. The summed E-state index contributed by atoms with van der Waals surface area (Å²) in [4.78, 5) is 16.5. The fourth-order valence-electron chi connectivity index (χ4n) is 5.59. The maximum Gasteiger partial charge on any atom is 0.314 e. The van der Waals surface area contributed by atoms with Gasteiger partial charge >= 0.3 is 5.97 Å². The summed E-state index contributed by atoms with van der Waals surface area (Å²) in [5.74, 6) is -0.729. The van der Waals surface area contributed by atoms with Crippen molar-refractivity contribution >= 4 is 16.7 Å². The SMILES string of the molecule is O=C(O)C1(c2ccc(-c3ccc(-c4ncc5ccccc5c4CCCC(O)c4ccccc4)cc3)cc2)CC1. The first-order valence-corrected chi connectivity index (χ1v) is 13.6. The molecule has 4 heteroatoms. The van der Waals surface area contributed by atoms with Gasteiger partial charge in [0.2, 0.25) is 0 Å². The number of aryl methyl sites for hydroxylation is 1. The summed E-state index contributed by atoms with van der Waals surface area (Å²) in [7, 11) is 0. The number of nitrogens with zero attached hydrogens (tertiary/aromatic N) is 1. The third-order valence-corrected chi connectivity index (χ3v) is 8.08. The Morgan fingerprint density at radius 1 is 0.795 bits per heavy atom. The van der Waals surface area contributed by atoms with Crippen LogP contribution >= 0.6 is 0 Å². The standard InChI is InChI=1S/C35H31NO3/c37-32(26-7-2-1-3-8-26)12-6-11-31-30-10-5-4-9-28(30)23-36-33(31)27-15-13-24(14-16-27)25-17-19-29(20-18-25)35(21-22-35)34(38)39/h1-5,7-10,13-20,23,32,37H,6,11-12,21-22H2,(H,38,39). The molecule has 1 heterocycles. The van der Waals surface area contributed by atoms with E-state index >= 15 is 0 Å². The van der Waals surface area contributed by atoms with Crippen LogP contribution in [0.25, 0.3) is 33.2 Å². The average Bonchev–Trinajstić information content (AvgIpc) is 3.80. The monoisotopic (exact) mass is 513 g/mol. The minimum atomic E-state index is -0.729. The number of carboxylic acids is 1. The predicted octanol–water partition coefficient (Wildman–Crippen LogP) is 7.74. The van der Waals surface area contributed by atoms with Crippen molar-refractivity contribution in [1.29, 1.82) is 0 Å². The van der Waals surface area contributed by atoms with E-state index in [1.165, 1.54) is 10.9 Å². The van der Waals surface area contributed by atoms with Crippen molar-refractivity contribution < 1.29 is 15.0 Å². The Balaban J connectivity index is 1.25. The number of carboxylic acid groups (broad SMARTS) is 1. The van der Waals surface area contributed by atoms with Gasteiger partial charge in [-0.2, -0.15) is 0 Å². The Kier molecular flexibility index (Phi) is 6.72. The van der Waals surface area contributed by atoms with E-state index in [2.05, 4.69) is 42.5 Å². The van der Waals surface area contributed by atoms with Crippen molar-refractivity contribution in [2.75, 3.05) is 0 Å². The first-order valence-electron chi connectivity index (χ1n) is 13.6. The highest BCUT2D eigenvalue weighted by Gasteiger charge is 2.51. The highest BCUT2D eigenvalue weighted by molar-refractivity contribution is 5.90. The topological polar surface area (TPSA) is 70.4 Å². The van der Waals surface area contributed by atoms with Gasteiger partial charge in [0, 0.05) is 17.1 Å². The third-order valence-electron chi connectivity index (χ3n) is 8.08. The van der Waals surface area contributed by atoms with Crippen molar-refractivity contribution in [1.82, 2.24) is 4.98 Å². The van der Waals surface area contributed by atoms with Gasteiger partial charge in [0.1, 0.15) is 0 Å². The van der Waals surface area contributed by atoms with Gasteiger partial charge in [0.05, 0.1) is 17.2 Å². The largest absolute Gasteiger partial charge is 0.481 e. The van der Waals surface area contributed by atoms with E-state index in [-0.39, 0.29) is 0 Å². The smallest absolute Gasteiger partial charge is 0.314 e. The van der Waals surface area contributed by atoms with Gasteiger partial charge in [-0.25, -0.2) is 0 Å². The van der Waals surface area contributed by atoms with Gasteiger partial charge in [-0.05, 0) is 65.3 Å². The highest BCUT2D eigenvalue weighted by atomic mass is 16.4. The maximum absolute atomic E-state index is 11.7. The number of carbonyl (C=O) groups is 1. The van der Waals surface area contributed by atoms with E-state index in [1.807, 2.05) is 66.9 Å². The van der Waals surface area contributed by atoms with Crippen molar-refractivity contribution in [3.05, 3.63) is 126 Å². The predicted molar refractivity (Wildman–Crippen MR) is 156 cm³/mol. The van der Waals surface area contributed by atoms with Crippen LogP contribution in [0, 0.1) is 0 Å². The Morgan fingerprint density at radius 3 is 2.08 bits per heavy atom. The second kappa shape index (κ2) is 10.5. The summed E-state index contributed by atoms with van der Waals surface area (Å²) in [6.07, 6.45) is 5.24. The molecule has 4 aromatic carbocycles. The van der Waals surface area contributed by atoms with E-state index in [4.69, 9.17) is 4.98 Å². The van der Waals surface area contributed by atoms with E-state index in [0.717, 1.165) is 51.7 Å². The maximum atomic E-state index is 11.7. The zero-order chi connectivity index (χ0) is 26.8. The number of aliphatic carboxylic acids is 1. The van der Waals surface area contributed by atoms with E-state index in [9.17, 15) is 15.0 Å². The minimum Gasteiger partial charge on any atom is -0.481 e. The van der Waals surface area contributed by atoms with Crippen molar-refractivity contribution in [2.24, 2.45) is 0 Å². The number of fused-ring (bicyclic) bond motifs is 1. The zero-order valence-electron chi connectivity index (χ0n) is 21.8. The summed E-state index contributed by atoms with van der Waals surface area (Å²) in [6, 6.07) is 34.6.